The van der Waals surface area contributed by atoms with Crippen LogP contribution in [0.3, 0.4) is 0 Å². The number of para-hydroxylation sites is 2. The minimum Gasteiger partial charge on any atom is -0.457 e. The van der Waals surface area contributed by atoms with Gasteiger partial charge in [-0.3, -0.25) is 0 Å². The Hall–Kier alpha value is -7.22. The maximum Gasteiger partial charge on any atom is 0.127 e. The van der Waals surface area contributed by atoms with Gasteiger partial charge in [0.25, 0.3) is 0 Å². The zero-order chi connectivity index (χ0) is 80.9. The Morgan fingerprint density at radius 3 is 0.430 bits per heavy atom. The van der Waals surface area contributed by atoms with Gasteiger partial charge in [0.05, 0.1) is 0 Å². The van der Waals surface area contributed by atoms with Gasteiger partial charge < -0.3 is 4.74 Å². The molecule has 9 rings (SSSR count). The molecule has 0 amide bonds. The lowest BCUT2D eigenvalue weighted by Crippen LogP contribution is -1.93. The average molecular weight is 1470 g/mol. The summed E-state index contributed by atoms with van der Waals surface area (Å²) in [5.74, 6) is 11.9. The van der Waals surface area contributed by atoms with E-state index in [1.165, 1.54) is 46.2 Å². The first-order chi connectivity index (χ1) is 48.8. The summed E-state index contributed by atoms with van der Waals surface area (Å²) in [5.41, 5.74) is 7.84. The summed E-state index contributed by atoms with van der Waals surface area (Å²) in [7, 11) is 0. The van der Waals surface area contributed by atoms with Gasteiger partial charge in [-0.25, -0.2) is 0 Å². The number of hydrogen-bond acceptors (Lipinski definition) is 1. The van der Waals surface area contributed by atoms with Crippen LogP contribution in [0.2, 0.25) is 0 Å². The molecule has 0 aromatic heterocycles. The second-order valence-electron chi connectivity index (χ2n) is 32.9. The van der Waals surface area contributed by atoms with Crippen LogP contribution in [0.25, 0.3) is 22.3 Å². The van der Waals surface area contributed by atoms with Crippen molar-refractivity contribution in [2.75, 3.05) is 0 Å². The third kappa shape index (κ3) is 129. The molecule has 0 aliphatic carbocycles. The Labute approximate surface area is 672 Å². The van der Waals surface area contributed by atoms with Gasteiger partial charge in [0.15, 0.2) is 0 Å². The van der Waals surface area contributed by atoms with Crippen molar-refractivity contribution >= 4 is 0 Å². The van der Waals surface area contributed by atoms with E-state index in [0.29, 0.717) is 0 Å². The molecule has 0 saturated carbocycles. The Kier molecular flexibility index (Phi) is 101. The first kappa shape index (κ1) is 121. The third-order valence-corrected chi connectivity index (χ3v) is 10.0. The average Bonchev–Trinajstić information content (AvgIpc) is 0.899. The molecule has 0 heterocycles. The van der Waals surface area contributed by atoms with Crippen molar-refractivity contribution in [1.29, 1.82) is 0 Å². The van der Waals surface area contributed by atoms with Crippen LogP contribution in [0.5, 0.6) is 11.5 Å². The lowest BCUT2D eigenvalue weighted by molar-refractivity contribution is 0.469. The number of benzene rings is 9. The molecule has 0 bridgehead atoms. The molecular formula is C106H178O. The molecule has 0 aliphatic rings. The maximum atomic E-state index is 5.58. The van der Waals surface area contributed by atoms with E-state index in [2.05, 4.69) is 393 Å². The van der Waals surface area contributed by atoms with Crippen LogP contribution in [0.1, 0.15) is 282 Å². The summed E-state index contributed by atoms with van der Waals surface area (Å²) in [4.78, 5) is 0. The van der Waals surface area contributed by atoms with Gasteiger partial charge in [0, 0.05) is 0 Å². The van der Waals surface area contributed by atoms with Crippen molar-refractivity contribution in [3.05, 3.63) is 290 Å². The van der Waals surface area contributed by atoms with Gasteiger partial charge in [-0.2, -0.15) is 0 Å². The second-order valence-corrected chi connectivity index (χ2v) is 32.9. The van der Waals surface area contributed by atoms with E-state index >= 15 is 0 Å². The van der Waals surface area contributed by atoms with Crippen LogP contribution >= 0.6 is 0 Å². The molecule has 1 heteroatoms. The number of ether oxygens (including phenoxy) is 1. The largest absolute Gasteiger partial charge is 0.457 e. The normalized spacial score (nSPS) is 9.18. The van der Waals surface area contributed by atoms with Crippen LogP contribution in [-0.2, 0) is 6.42 Å². The second kappa shape index (κ2) is 89.4. The fourth-order valence-electron chi connectivity index (χ4n) is 6.39. The maximum absolute atomic E-state index is 5.58. The monoisotopic (exact) mass is 1470 g/mol. The Balaban J connectivity index is -0.000000120. The zero-order valence-corrected chi connectivity index (χ0v) is 74.0. The summed E-state index contributed by atoms with van der Waals surface area (Å²) >= 11 is 0. The lowest BCUT2D eigenvalue weighted by Gasteiger charge is -2.05. The van der Waals surface area contributed by atoms with E-state index in [9.17, 15) is 0 Å². The predicted octanol–water partition coefficient (Wildman–Crippen LogP) is 36.8. The van der Waals surface area contributed by atoms with Gasteiger partial charge in [0.1, 0.15) is 11.5 Å². The standard InChI is InChI=1S/C13H12.C12H10O.2C12H10.C7H16.C6H6.C5H12.9C4H10.3CH4/c1-3-7-12(8-4-1)11-13-9-5-2-6-10-13;1-3-7-11(8-4-1)13-12-9-5-2-6-10-12;2*1-3-7-11(8-4-1)12-9-5-2-6-10-12;1-6(2)5-7(3)4;1-2-4-6-5-3-1;1-4-5(2)3;9*1-4(2)3;;;/h1-10H,11H2;1-10H;2*1-10H;6-7H,5H2,1-4H3;1-6H;5H,4H2,1-3H3;9*4H,1-3H3;3*1H4. The van der Waals surface area contributed by atoms with Crippen LogP contribution in [0.4, 0.5) is 0 Å². The molecule has 9 aromatic carbocycles. The molecule has 608 valence electrons. The van der Waals surface area contributed by atoms with Crippen molar-refractivity contribution in [1.82, 2.24) is 0 Å². The summed E-state index contributed by atoms with van der Waals surface area (Å²) in [6.07, 6.45) is 3.70. The van der Waals surface area contributed by atoms with Crippen molar-refractivity contribution in [3.63, 3.8) is 0 Å². The lowest BCUT2D eigenvalue weighted by atomic mass is 10.0. The Morgan fingerprint density at radius 1 is 0.187 bits per heavy atom. The molecule has 1 nitrogen and oxygen atoms in total. The molecular weight excluding hydrogens is 1290 g/mol. The van der Waals surface area contributed by atoms with E-state index in [0.717, 1.165) is 88.9 Å². The van der Waals surface area contributed by atoms with Crippen molar-refractivity contribution in [3.8, 4) is 33.8 Å². The highest BCUT2D eigenvalue weighted by atomic mass is 16.5. The van der Waals surface area contributed by atoms with Crippen LogP contribution in [0.15, 0.2) is 279 Å². The fraction of sp³-hybridized carbons (Fsp3) is 0.491. The number of rotatable bonds is 9. The number of hydrogen-bond donors (Lipinski definition) is 0. The van der Waals surface area contributed by atoms with Gasteiger partial charge in [-0.15, -0.1) is 0 Å². The van der Waals surface area contributed by atoms with E-state index in [4.69, 9.17) is 4.74 Å². The first-order valence-corrected chi connectivity index (χ1v) is 39.9. The van der Waals surface area contributed by atoms with Gasteiger partial charge in [-0.05, 0) is 142 Å². The summed E-state index contributed by atoms with van der Waals surface area (Å²) in [5, 5.41) is 0. The van der Waals surface area contributed by atoms with Crippen LogP contribution < -0.4 is 4.74 Å². The zero-order valence-electron chi connectivity index (χ0n) is 74.0. The van der Waals surface area contributed by atoms with E-state index < -0.39 is 0 Å². The third-order valence-electron chi connectivity index (χ3n) is 10.0. The van der Waals surface area contributed by atoms with Gasteiger partial charge in [-0.1, -0.05) is 519 Å². The van der Waals surface area contributed by atoms with E-state index in [1.54, 1.807) is 0 Å². The SMILES string of the molecule is C.C.C.CC(C)C.CC(C)C.CC(C)C.CC(C)C.CC(C)C.CC(C)C.CC(C)C.CC(C)C.CC(C)C.CC(C)CC(C)C.CCC(C)C.c1ccc(-c2ccccc2)cc1.c1ccc(-c2ccccc2)cc1.c1ccc(Cc2ccccc2)cc1.c1ccc(Oc2ccccc2)cc1.c1ccccc1. The molecule has 0 spiro atoms. The molecule has 0 unspecified atom stereocenters. The summed E-state index contributed by atoms with van der Waals surface area (Å²) in [6, 6.07) is 94.1. The highest BCUT2D eigenvalue weighted by Gasteiger charge is 1.97. The van der Waals surface area contributed by atoms with Crippen LogP contribution in [-0.4, -0.2) is 0 Å². The molecule has 0 saturated heterocycles. The quantitative estimate of drug-likeness (QED) is 0.140. The molecule has 0 N–H and O–H groups in total. The summed E-state index contributed by atoms with van der Waals surface area (Å²) in [6.45, 7) is 74.2. The molecule has 9 aromatic rings. The van der Waals surface area contributed by atoms with Gasteiger partial charge >= 0.3 is 0 Å². The molecule has 0 aliphatic heterocycles. The Morgan fingerprint density at radius 2 is 0.308 bits per heavy atom. The molecule has 0 fully saturated rings. The minimum atomic E-state index is 0. The molecule has 107 heavy (non-hydrogen) atoms. The minimum absolute atomic E-state index is 0. The highest BCUT2D eigenvalue weighted by Crippen LogP contribution is 2.21. The topological polar surface area (TPSA) is 9.23 Å². The summed E-state index contributed by atoms with van der Waals surface area (Å²) < 4.78 is 5.58. The van der Waals surface area contributed by atoms with E-state index in [1.807, 2.05) is 121 Å². The first-order valence-electron chi connectivity index (χ1n) is 39.9. The van der Waals surface area contributed by atoms with Gasteiger partial charge in [0.2, 0.25) is 0 Å². The Bertz CT molecular complexity index is 2450. The van der Waals surface area contributed by atoms with Crippen molar-refractivity contribution in [2.24, 2.45) is 71.0 Å². The predicted molar refractivity (Wildman–Crippen MR) is 503 cm³/mol. The smallest absolute Gasteiger partial charge is 0.127 e. The molecule has 0 radical (unpaired) electrons. The van der Waals surface area contributed by atoms with Crippen molar-refractivity contribution in [2.45, 2.75) is 277 Å². The molecule has 0 atom stereocenters. The van der Waals surface area contributed by atoms with Crippen molar-refractivity contribution < 1.29 is 4.74 Å². The highest BCUT2D eigenvalue weighted by molar-refractivity contribution is 5.63. The van der Waals surface area contributed by atoms with Crippen LogP contribution in [0, 0.1) is 71.0 Å². The fourth-order valence-corrected chi connectivity index (χ4v) is 6.39. The van der Waals surface area contributed by atoms with E-state index in [-0.39, 0.29) is 22.3 Å².